The van der Waals surface area contributed by atoms with Crippen LogP contribution in [0.5, 0.6) is 0 Å². The van der Waals surface area contributed by atoms with Gasteiger partial charge in [0.2, 0.25) is 5.95 Å². The van der Waals surface area contributed by atoms with E-state index in [-0.39, 0.29) is 0 Å². The molecule has 0 fully saturated rings. The first-order valence-corrected chi connectivity index (χ1v) is 5.79. The molecule has 6 heteroatoms. The Morgan fingerprint density at radius 3 is 2.82 bits per heavy atom. The van der Waals surface area contributed by atoms with Gasteiger partial charge in [0.05, 0.1) is 18.4 Å². The van der Waals surface area contributed by atoms with Gasteiger partial charge in [0.15, 0.2) is 0 Å². The normalized spacial score (nSPS) is 11.1. The number of imidazole rings is 1. The highest BCUT2D eigenvalue weighted by atomic mass is 15.4. The lowest BCUT2D eigenvalue weighted by molar-refractivity contribution is 0.520. The van der Waals surface area contributed by atoms with Crippen molar-refractivity contribution in [3.05, 3.63) is 24.3 Å². The van der Waals surface area contributed by atoms with E-state index in [0.717, 1.165) is 24.7 Å². The van der Waals surface area contributed by atoms with E-state index in [9.17, 15) is 0 Å². The molecule has 92 valence electrons. The summed E-state index contributed by atoms with van der Waals surface area (Å²) in [6.07, 6.45) is 5.59. The van der Waals surface area contributed by atoms with Gasteiger partial charge in [-0.3, -0.25) is 4.68 Å². The second-order valence-corrected chi connectivity index (χ2v) is 4.36. The van der Waals surface area contributed by atoms with Crippen molar-refractivity contribution in [3.63, 3.8) is 0 Å². The van der Waals surface area contributed by atoms with E-state index in [2.05, 4.69) is 39.0 Å². The van der Waals surface area contributed by atoms with Gasteiger partial charge in [-0.05, 0) is 20.8 Å². The Morgan fingerprint density at radius 1 is 1.35 bits per heavy atom. The van der Waals surface area contributed by atoms with Crippen LogP contribution in [0.4, 0.5) is 5.95 Å². The number of anilines is 1. The van der Waals surface area contributed by atoms with Crippen LogP contribution in [0.25, 0.3) is 0 Å². The van der Waals surface area contributed by atoms with Gasteiger partial charge >= 0.3 is 0 Å². The van der Waals surface area contributed by atoms with Gasteiger partial charge in [-0.15, -0.1) is 5.10 Å². The summed E-state index contributed by atoms with van der Waals surface area (Å²) in [5.41, 5.74) is 1.02. The number of hydrogen-bond donors (Lipinski definition) is 1. The summed E-state index contributed by atoms with van der Waals surface area (Å²) in [7, 11) is 0. The van der Waals surface area contributed by atoms with Crippen molar-refractivity contribution >= 4 is 5.95 Å². The third-order valence-corrected chi connectivity index (χ3v) is 2.36. The summed E-state index contributed by atoms with van der Waals surface area (Å²) >= 11 is 0. The largest absolute Gasteiger partial charge is 0.353 e. The number of nitrogens with one attached hydrogen (secondary N) is 1. The summed E-state index contributed by atoms with van der Waals surface area (Å²) < 4.78 is 3.92. The van der Waals surface area contributed by atoms with Crippen LogP contribution < -0.4 is 5.32 Å². The molecule has 0 unspecified atom stereocenters. The van der Waals surface area contributed by atoms with E-state index in [1.165, 1.54) is 0 Å². The minimum absolute atomic E-state index is 0.377. The predicted molar refractivity (Wildman–Crippen MR) is 65.7 cm³/mol. The molecule has 0 radical (unpaired) electrons. The molecule has 0 bridgehead atoms. The Morgan fingerprint density at radius 2 is 2.18 bits per heavy atom. The second kappa shape index (κ2) is 4.99. The minimum atomic E-state index is 0.377. The van der Waals surface area contributed by atoms with Gasteiger partial charge in [0, 0.05) is 25.0 Å². The van der Waals surface area contributed by atoms with Crippen molar-refractivity contribution in [2.45, 2.75) is 39.9 Å². The smallest absolute Gasteiger partial charge is 0.203 e. The number of aryl methyl sites for hydroxylation is 3. The van der Waals surface area contributed by atoms with Crippen LogP contribution in [0.3, 0.4) is 0 Å². The molecule has 2 heterocycles. The van der Waals surface area contributed by atoms with E-state index in [4.69, 9.17) is 0 Å². The minimum Gasteiger partial charge on any atom is -0.353 e. The highest BCUT2D eigenvalue weighted by Gasteiger charge is 2.06. The average Bonchev–Trinajstić information content (AvgIpc) is 2.84. The van der Waals surface area contributed by atoms with Crippen LogP contribution in [0.15, 0.2) is 18.6 Å². The lowest BCUT2D eigenvalue weighted by atomic mass is 10.4. The third kappa shape index (κ3) is 3.05. The van der Waals surface area contributed by atoms with Gasteiger partial charge in [-0.2, -0.15) is 0 Å². The molecule has 0 amide bonds. The van der Waals surface area contributed by atoms with Crippen LogP contribution in [-0.2, 0) is 13.1 Å². The molecule has 2 aromatic rings. The van der Waals surface area contributed by atoms with Crippen molar-refractivity contribution in [2.75, 3.05) is 5.32 Å². The van der Waals surface area contributed by atoms with Gasteiger partial charge in [0.25, 0.3) is 0 Å². The van der Waals surface area contributed by atoms with E-state index >= 15 is 0 Å². The van der Waals surface area contributed by atoms with E-state index in [1.807, 2.05) is 24.0 Å². The molecular formula is C11H18N6. The monoisotopic (exact) mass is 234 g/mol. The number of rotatable bonds is 5. The third-order valence-electron chi connectivity index (χ3n) is 2.36. The molecule has 0 aromatic carbocycles. The van der Waals surface area contributed by atoms with E-state index < -0.39 is 0 Å². The number of hydrogen-bond acceptors (Lipinski definition) is 4. The lowest BCUT2D eigenvalue weighted by Gasteiger charge is -2.11. The van der Waals surface area contributed by atoms with Crippen molar-refractivity contribution in [2.24, 2.45) is 0 Å². The zero-order valence-electron chi connectivity index (χ0n) is 10.5. The summed E-state index contributed by atoms with van der Waals surface area (Å²) in [6, 6.07) is 0.377. The maximum absolute atomic E-state index is 4.46. The molecule has 0 spiro atoms. The summed E-state index contributed by atoms with van der Waals surface area (Å²) in [4.78, 5) is 4.46. The topological polar surface area (TPSA) is 60.6 Å². The first-order valence-electron chi connectivity index (χ1n) is 5.79. The van der Waals surface area contributed by atoms with Crippen LogP contribution >= 0.6 is 0 Å². The second-order valence-electron chi connectivity index (χ2n) is 4.36. The van der Waals surface area contributed by atoms with Crippen molar-refractivity contribution < 1.29 is 0 Å². The molecule has 0 aliphatic heterocycles. The quantitative estimate of drug-likeness (QED) is 0.847. The molecule has 0 aliphatic carbocycles. The first-order chi connectivity index (χ1) is 8.15. The van der Waals surface area contributed by atoms with Crippen LogP contribution in [0, 0.1) is 6.92 Å². The van der Waals surface area contributed by atoms with E-state index in [1.54, 1.807) is 6.20 Å². The summed E-state index contributed by atoms with van der Waals surface area (Å²) in [5, 5.41) is 11.1. The molecule has 0 aliphatic rings. The molecule has 17 heavy (non-hydrogen) atoms. The first kappa shape index (κ1) is 11.6. The fraction of sp³-hybridized carbons (Fsp3) is 0.545. The lowest BCUT2D eigenvalue weighted by Crippen LogP contribution is -2.16. The highest BCUT2D eigenvalue weighted by molar-refractivity contribution is 5.29. The van der Waals surface area contributed by atoms with Gasteiger partial charge in [-0.25, -0.2) is 4.98 Å². The predicted octanol–water partition coefficient (Wildman–Crippen LogP) is 1.30. The molecule has 2 rings (SSSR count). The van der Waals surface area contributed by atoms with Crippen molar-refractivity contribution in [3.8, 4) is 0 Å². The standard InChI is InChI=1S/C11H18N6/c1-9(2)13-11-14-10(3)8-16(11)6-7-17-5-4-12-15-17/h4-5,8-9H,6-7H2,1-3H3,(H,13,14). The maximum Gasteiger partial charge on any atom is 0.203 e. The molecular weight excluding hydrogens is 216 g/mol. The van der Waals surface area contributed by atoms with Crippen molar-refractivity contribution in [1.29, 1.82) is 0 Å². The number of aromatic nitrogens is 5. The van der Waals surface area contributed by atoms with E-state index in [0.29, 0.717) is 6.04 Å². The maximum atomic E-state index is 4.46. The summed E-state index contributed by atoms with van der Waals surface area (Å²) in [5.74, 6) is 0.914. The zero-order valence-corrected chi connectivity index (χ0v) is 10.5. The Labute approximate surface area is 101 Å². The van der Waals surface area contributed by atoms with Gasteiger partial charge < -0.3 is 9.88 Å². The Hall–Kier alpha value is -1.85. The van der Waals surface area contributed by atoms with Crippen LogP contribution in [0.2, 0.25) is 0 Å². The molecule has 6 nitrogen and oxygen atoms in total. The Bertz CT molecular complexity index is 456. The zero-order chi connectivity index (χ0) is 12.3. The molecule has 0 atom stereocenters. The fourth-order valence-corrected chi connectivity index (χ4v) is 1.65. The molecule has 0 saturated carbocycles. The van der Waals surface area contributed by atoms with Gasteiger partial charge in [-0.1, -0.05) is 5.21 Å². The Kier molecular flexibility index (Phi) is 3.41. The molecule has 1 N–H and O–H groups in total. The highest BCUT2D eigenvalue weighted by Crippen LogP contribution is 2.09. The SMILES string of the molecule is Cc1cn(CCn2ccnn2)c(NC(C)C)n1. The number of nitrogens with zero attached hydrogens (tertiary/aromatic N) is 5. The Balaban J connectivity index is 2.04. The molecule has 2 aromatic heterocycles. The van der Waals surface area contributed by atoms with Crippen LogP contribution in [-0.4, -0.2) is 30.6 Å². The summed E-state index contributed by atoms with van der Waals surface area (Å²) in [6.45, 7) is 7.83. The van der Waals surface area contributed by atoms with Gasteiger partial charge in [0.1, 0.15) is 0 Å². The van der Waals surface area contributed by atoms with Crippen LogP contribution in [0.1, 0.15) is 19.5 Å². The fourth-order valence-electron chi connectivity index (χ4n) is 1.65. The van der Waals surface area contributed by atoms with Crippen molar-refractivity contribution in [1.82, 2.24) is 24.5 Å². The average molecular weight is 234 g/mol. The molecule has 0 saturated heterocycles.